The maximum atomic E-state index is 12.4. The molecule has 2 aromatic heterocycles. The predicted octanol–water partition coefficient (Wildman–Crippen LogP) is 5.19. The molecule has 0 saturated heterocycles. The van der Waals surface area contributed by atoms with Gasteiger partial charge in [-0.2, -0.15) is 5.10 Å². The summed E-state index contributed by atoms with van der Waals surface area (Å²) < 4.78 is 7.38. The standard InChI is InChI=1S/C22H24ClN5O2/c1-4-5-13-28-21(23)18(16(3)27-28)8-10-20(29)26-19-9-7-17(14-15(19)2)30-22-24-11-6-12-25-22/h6-12,14H,4-5,13H2,1-3H3,(H,26,29). The number of nitrogens with zero attached hydrogens (tertiary/aromatic N) is 4. The molecule has 0 aliphatic heterocycles. The number of ether oxygens (including phenoxy) is 1. The quantitative estimate of drug-likeness (QED) is 0.502. The summed E-state index contributed by atoms with van der Waals surface area (Å²) in [7, 11) is 0. The minimum Gasteiger partial charge on any atom is -0.424 e. The lowest BCUT2D eigenvalue weighted by molar-refractivity contribution is -0.111. The maximum Gasteiger partial charge on any atom is 0.321 e. The van der Waals surface area contributed by atoms with E-state index in [1.807, 2.05) is 19.9 Å². The number of carbonyl (C=O) groups excluding carboxylic acids is 1. The van der Waals surface area contributed by atoms with Gasteiger partial charge in [0.05, 0.1) is 5.69 Å². The number of hydrogen-bond acceptors (Lipinski definition) is 5. The van der Waals surface area contributed by atoms with E-state index < -0.39 is 0 Å². The van der Waals surface area contributed by atoms with Crippen LogP contribution in [-0.4, -0.2) is 25.7 Å². The minimum atomic E-state index is -0.255. The first-order valence-corrected chi connectivity index (χ1v) is 10.1. The SMILES string of the molecule is CCCCn1nc(C)c(C=CC(=O)Nc2ccc(Oc3ncccn3)cc2C)c1Cl. The van der Waals surface area contributed by atoms with Crippen molar-refractivity contribution in [3.05, 3.63) is 64.7 Å². The minimum absolute atomic E-state index is 0.255. The summed E-state index contributed by atoms with van der Waals surface area (Å²) in [6, 6.07) is 7.33. The van der Waals surface area contributed by atoms with E-state index in [1.165, 1.54) is 6.08 Å². The largest absolute Gasteiger partial charge is 0.424 e. The molecule has 0 unspecified atom stereocenters. The molecule has 0 aliphatic carbocycles. The number of aryl methyl sites for hydroxylation is 3. The zero-order valence-electron chi connectivity index (χ0n) is 17.2. The smallest absolute Gasteiger partial charge is 0.321 e. The van der Waals surface area contributed by atoms with Crippen molar-refractivity contribution in [2.24, 2.45) is 0 Å². The molecule has 1 amide bonds. The molecule has 0 spiro atoms. The first kappa shape index (κ1) is 21.5. The number of aromatic nitrogens is 4. The maximum absolute atomic E-state index is 12.4. The Kier molecular flexibility index (Phi) is 7.19. The number of halogens is 1. The van der Waals surface area contributed by atoms with Crippen molar-refractivity contribution >= 4 is 29.3 Å². The third-order valence-electron chi connectivity index (χ3n) is 4.44. The van der Waals surface area contributed by atoms with E-state index >= 15 is 0 Å². The van der Waals surface area contributed by atoms with E-state index in [9.17, 15) is 4.79 Å². The van der Waals surface area contributed by atoms with Gasteiger partial charge in [-0.25, -0.2) is 9.97 Å². The lowest BCUT2D eigenvalue weighted by Crippen LogP contribution is -2.09. The van der Waals surface area contributed by atoms with Crippen LogP contribution in [0.4, 0.5) is 5.69 Å². The van der Waals surface area contributed by atoms with Crippen LogP contribution in [0.1, 0.15) is 36.6 Å². The molecule has 0 atom stereocenters. The van der Waals surface area contributed by atoms with Gasteiger partial charge in [-0.15, -0.1) is 0 Å². The predicted molar refractivity (Wildman–Crippen MR) is 118 cm³/mol. The molecular formula is C22H24ClN5O2. The first-order chi connectivity index (χ1) is 14.5. The Bertz CT molecular complexity index is 1050. The highest BCUT2D eigenvalue weighted by Gasteiger charge is 2.11. The molecule has 3 rings (SSSR count). The molecule has 156 valence electrons. The van der Waals surface area contributed by atoms with Crippen molar-refractivity contribution in [1.82, 2.24) is 19.7 Å². The average Bonchev–Trinajstić information content (AvgIpc) is 3.00. The van der Waals surface area contributed by atoms with Gasteiger partial charge >= 0.3 is 6.01 Å². The van der Waals surface area contributed by atoms with Gasteiger partial charge in [0.25, 0.3) is 0 Å². The van der Waals surface area contributed by atoms with Gasteiger partial charge in [0.1, 0.15) is 10.9 Å². The van der Waals surface area contributed by atoms with Crippen LogP contribution in [0.5, 0.6) is 11.8 Å². The molecule has 2 heterocycles. The second-order valence-electron chi connectivity index (χ2n) is 6.80. The summed E-state index contributed by atoms with van der Waals surface area (Å²) in [4.78, 5) is 20.5. The van der Waals surface area contributed by atoms with Gasteiger partial charge in [0.2, 0.25) is 5.91 Å². The Hall–Kier alpha value is -3.19. The van der Waals surface area contributed by atoms with Crippen molar-refractivity contribution in [1.29, 1.82) is 0 Å². The van der Waals surface area contributed by atoms with Gasteiger partial charge in [-0.1, -0.05) is 24.9 Å². The number of benzene rings is 1. The van der Waals surface area contributed by atoms with E-state index in [-0.39, 0.29) is 11.9 Å². The first-order valence-electron chi connectivity index (χ1n) is 9.75. The van der Waals surface area contributed by atoms with Crippen LogP contribution in [0.3, 0.4) is 0 Å². The highest BCUT2D eigenvalue weighted by Crippen LogP contribution is 2.25. The Balaban J connectivity index is 1.65. The Morgan fingerprint density at radius 1 is 1.27 bits per heavy atom. The topological polar surface area (TPSA) is 81.9 Å². The van der Waals surface area contributed by atoms with Crippen molar-refractivity contribution in [2.75, 3.05) is 5.32 Å². The molecular weight excluding hydrogens is 402 g/mol. The summed E-state index contributed by atoms with van der Waals surface area (Å²) in [6.07, 6.45) is 8.43. The number of rotatable bonds is 8. The second kappa shape index (κ2) is 10.0. The Labute approximate surface area is 180 Å². The molecule has 0 fully saturated rings. The average molecular weight is 426 g/mol. The number of anilines is 1. The van der Waals surface area contributed by atoms with Crippen LogP contribution in [0, 0.1) is 13.8 Å². The molecule has 7 nitrogen and oxygen atoms in total. The van der Waals surface area contributed by atoms with Gasteiger partial charge in [-0.3, -0.25) is 9.48 Å². The monoisotopic (exact) mass is 425 g/mol. The fraction of sp³-hybridized carbons (Fsp3) is 0.273. The van der Waals surface area contributed by atoms with E-state index in [0.29, 0.717) is 16.6 Å². The summed E-state index contributed by atoms with van der Waals surface area (Å²) in [5.74, 6) is 0.337. The molecule has 0 aliphatic rings. The molecule has 1 N–H and O–H groups in total. The van der Waals surface area contributed by atoms with Crippen LogP contribution in [0.15, 0.2) is 42.7 Å². The number of carbonyl (C=O) groups is 1. The van der Waals surface area contributed by atoms with Crippen LogP contribution in [0.25, 0.3) is 6.08 Å². The van der Waals surface area contributed by atoms with Crippen molar-refractivity contribution in [3.8, 4) is 11.8 Å². The molecule has 1 aromatic carbocycles. The van der Waals surface area contributed by atoms with Gasteiger partial charge < -0.3 is 10.1 Å². The molecule has 0 radical (unpaired) electrons. The van der Waals surface area contributed by atoms with E-state index in [2.05, 4.69) is 27.3 Å². The molecule has 0 saturated carbocycles. The fourth-order valence-corrected chi connectivity index (χ4v) is 3.15. The van der Waals surface area contributed by atoms with E-state index in [4.69, 9.17) is 16.3 Å². The van der Waals surface area contributed by atoms with Crippen LogP contribution >= 0.6 is 11.6 Å². The van der Waals surface area contributed by atoms with Crippen molar-refractivity contribution in [2.45, 2.75) is 40.2 Å². The summed E-state index contributed by atoms with van der Waals surface area (Å²) in [5, 5.41) is 7.86. The fourth-order valence-electron chi connectivity index (χ4n) is 2.83. The molecule has 0 bridgehead atoms. The van der Waals surface area contributed by atoms with Crippen molar-refractivity contribution in [3.63, 3.8) is 0 Å². The van der Waals surface area contributed by atoms with Gasteiger partial charge in [0, 0.05) is 36.3 Å². The number of amides is 1. The zero-order valence-corrected chi connectivity index (χ0v) is 18.0. The Morgan fingerprint density at radius 3 is 2.73 bits per heavy atom. The number of unbranched alkanes of at least 4 members (excludes halogenated alkanes) is 1. The summed E-state index contributed by atoms with van der Waals surface area (Å²) in [6.45, 7) is 6.64. The van der Waals surface area contributed by atoms with Crippen LogP contribution in [-0.2, 0) is 11.3 Å². The van der Waals surface area contributed by atoms with E-state index in [0.717, 1.165) is 36.2 Å². The Morgan fingerprint density at radius 2 is 2.03 bits per heavy atom. The van der Waals surface area contributed by atoms with Gasteiger partial charge in [-0.05, 0) is 56.2 Å². The van der Waals surface area contributed by atoms with Crippen molar-refractivity contribution < 1.29 is 9.53 Å². The molecule has 3 aromatic rings. The third-order valence-corrected chi connectivity index (χ3v) is 4.84. The molecule has 8 heteroatoms. The normalized spacial score (nSPS) is 11.1. The zero-order chi connectivity index (χ0) is 21.5. The second-order valence-corrected chi connectivity index (χ2v) is 7.16. The molecule has 30 heavy (non-hydrogen) atoms. The third kappa shape index (κ3) is 5.45. The lowest BCUT2D eigenvalue weighted by atomic mass is 10.2. The lowest BCUT2D eigenvalue weighted by Gasteiger charge is -2.09. The van der Waals surface area contributed by atoms with E-state index in [1.54, 1.807) is 41.4 Å². The number of nitrogens with one attached hydrogen (secondary N) is 1. The number of hydrogen-bond donors (Lipinski definition) is 1. The summed E-state index contributed by atoms with van der Waals surface area (Å²) >= 11 is 6.41. The van der Waals surface area contributed by atoms with Crippen LogP contribution in [0.2, 0.25) is 5.15 Å². The van der Waals surface area contributed by atoms with Gasteiger partial charge in [0.15, 0.2) is 0 Å². The highest BCUT2D eigenvalue weighted by atomic mass is 35.5. The summed E-state index contributed by atoms with van der Waals surface area (Å²) in [5.41, 5.74) is 3.09. The highest BCUT2D eigenvalue weighted by molar-refractivity contribution is 6.31. The van der Waals surface area contributed by atoms with Crippen LogP contribution < -0.4 is 10.1 Å².